The van der Waals surface area contributed by atoms with Gasteiger partial charge < -0.3 is 0 Å². The van der Waals surface area contributed by atoms with Gasteiger partial charge in [-0.3, -0.25) is 0 Å². The van der Waals surface area contributed by atoms with Crippen molar-refractivity contribution in [2.75, 3.05) is 0 Å². The van der Waals surface area contributed by atoms with Gasteiger partial charge in [-0.25, -0.2) is 0 Å². The summed E-state index contributed by atoms with van der Waals surface area (Å²) in [6.45, 7) is 2.28. The van der Waals surface area contributed by atoms with Crippen LogP contribution < -0.4 is 0 Å². The molecule has 0 aromatic heterocycles. The highest BCUT2D eigenvalue weighted by Gasteiger charge is 2.10. The van der Waals surface area contributed by atoms with E-state index in [4.69, 9.17) is 0 Å². The molecule has 4 aromatic carbocycles. The Morgan fingerprint density at radius 3 is 2.17 bits per heavy atom. The average Bonchev–Trinajstić information content (AvgIpc) is 2.63. The second kappa shape index (κ2) is 6.81. The standard InChI is InChI=1S/C24H25/c1-2-3-4-5-6-7-9-18-12-13-21-15-14-19-10-8-11-20-16-17-22(18)24(21)23(19)20/h10-17H,2-7,9H2,1H3. The van der Waals surface area contributed by atoms with Crippen molar-refractivity contribution < 1.29 is 0 Å². The van der Waals surface area contributed by atoms with Crippen LogP contribution in [0, 0.1) is 6.07 Å². The van der Waals surface area contributed by atoms with Gasteiger partial charge in [0, 0.05) is 0 Å². The minimum atomic E-state index is 1.20. The lowest BCUT2D eigenvalue weighted by atomic mass is 9.90. The van der Waals surface area contributed by atoms with Crippen LogP contribution in [0.5, 0.6) is 0 Å². The SMILES string of the molecule is CCCCCCCCc1ccc2ccc3c[c]cc4ccc1c2c34. The molecule has 0 aliphatic rings. The predicted molar refractivity (Wildman–Crippen MR) is 106 cm³/mol. The molecule has 0 fully saturated rings. The molecule has 0 aliphatic carbocycles. The third kappa shape index (κ3) is 2.75. The quantitative estimate of drug-likeness (QED) is 0.248. The summed E-state index contributed by atoms with van der Waals surface area (Å²) >= 11 is 0. The molecule has 0 saturated carbocycles. The zero-order chi connectivity index (χ0) is 16.4. The molecule has 0 atom stereocenters. The smallest absolute Gasteiger partial charge is 0.00240 e. The van der Waals surface area contributed by atoms with Crippen LogP contribution in [0.15, 0.2) is 48.5 Å². The van der Waals surface area contributed by atoms with Crippen LogP contribution in [-0.2, 0) is 6.42 Å². The van der Waals surface area contributed by atoms with Crippen molar-refractivity contribution in [3.05, 3.63) is 60.2 Å². The maximum absolute atomic E-state index is 3.27. The third-order valence-electron chi connectivity index (χ3n) is 5.34. The fourth-order valence-corrected chi connectivity index (χ4v) is 4.04. The molecule has 0 saturated heterocycles. The summed E-state index contributed by atoms with van der Waals surface area (Å²) in [6.07, 6.45) is 9.36. The summed E-state index contributed by atoms with van der Waals surface area (Å²) in [5, 5.41) is 8.28. The van der Waals surface area contributed by atoms with Crippen molar-refractivity contribution in [1.82, 2.24) is 0 Å². The molecule has 1 radical (unpaired) electrons. The van der Waals surface area contributed by atoms with E-state index in [0.717, 1.165) is 0 Å². The first-order chi connectivity index (χ1) is 11.9. The monoisotopic (exact) mass is 313 g/mol. The van der Waals surface area contributed by atoms with Crippen molar-refractivity contribution in [3.63, 3.8) is 0 Å². The van der Waals surface area contributed by atoms with Crippen molar-refractivity contribution in [1.29, 1.82) is 0 Å². The van der Waals surface area contributed by atoms with Crippen molar-refractivity contribution >= 4 is 32.3 Å². The Morgan fingerprint density at radius 1 is 0.667 bits per heavy atom. The van der Waals surface area contributed by atoms with E-state index in [0.29, 0.717) is 0 Å². The van der Waals surface area contributed by atoms with Gasteiger partial charge in [0.25, 0.3) is 0 Å². The Labute approximate surface area is 144 Å². The number of hydrogen-bond acceptors (Lipinski definition) is 0. The van der Waals surface area contributed by atoms with Gasteiger partial charge in [0.1, 0.15) is 0 Å². The maximum atomic E-state index is 3.27. The van der Waals surface area contributed by atoms with Crippen molar-refractivity contribution in [2.45, 2.75) is 51.9 Å². The van der Waals surface area contributed by atoms with Crippen LogP contribution in [0.25, 0.3) is 32.3 Å². The number of rotatable bonds is 7. The Bertz CT molecular complexity index is 932. The molecule has 4 rings (SSSR count). The van der Waals surface area contributed by atoms with Crippen LogP contribution in [0.2, 0.25) is 0 Å². The van der Waals surface area contributed by atoms with E-state index in [9.17, 15) is 0 Å². The van der Waals surface area contributed by atoms with Crippen LogP contribution >= 0.6 is 0 Å². The van der Waals surface area contributed by atoms with Crippen LogP contribution in [0.1, 0.15) is 51.0 Å². The van der Waals surface area contributed by atoms with E-state index in [-0.39, 0.29) is 0 Å². The molecule has 0 unspecified atom stereocenters. The molecular weight excluding hydrogens is 288 g/mol. The third-order valence-corrected chi connectivity index (χ3v) is 5.34. The van der Waals surface area contributed by atoms with Gasteiger partial charge in [0.15, 0.2) is 0 Å². The lowest BCUT2D eigenvalue weighted by Gasteiger charge is -2.13. The highest BCUT2D eigenvalue weighted by molar-refractivity contribution is 6.23. The summed E-state index contributed by atoms with van der Waals surface area (Å²) < 4.78 is 0. The highest BCUT2D eigenvalue weighted by atomic mass is 14.1. The van der Waals surface area contributed by atoms with Gasteiger partial charge in [0.05, 0.1) is 0 Å². The van der Waals surface area contributed by atoms with Crippen molar-refractivity contribution in [2.24, 2.45) is 0 Å². The van der Waals surface area contributed by atoms with Crippen LogP contribution in [-0.4, -0.2) is 0 Å². The minimum Gasteiger partial charge on any atom is -0.0654 e. The number of hydrogen-bond donors (Lipinski definition) is 0. The van der Waals surface area contributed by atoms with Crippen molar-refractivity contribution in [3.8, 4) is 0 Å². The lowest BCUT2D eigenvalue weighted by Crippen LogP contribution is -1.91. The molecule has 121 valence electrons. The van der Waals surface area contributed by atoms with E-state index >= 15 is 0 Å². The first-order valence-corrected chi connectivity index (χ1v) is 9.45. The molecule has 0 heterocycles. The van der Waals surface area contributed by atoms with Crippen LogP contribution in [0.4, 0.5) is 0 Å². The average molecular weight is 313 g/mol. The predicted octanol–water partition coefficient (Wildman–Crippen LogP) is 7.29. The van der Waals surface area contributed by atoms with Crippen LogP contribution in [0.3, 0.4) is 0 Å². The molecular formula is C24H25. The molecule has 0 bridgehead atoms. The highest BCUT2D eigenvalue weighted by Crippen LogP contribution is 2.36. The minimum absolute atomic E-state index is 1.20. The topological polar surface area (TPSA) is 0 Å². The number of unbranched alkanes of at least 4 members (excludes halogenated alkanes) is 5. The molecule has 24 heavy (non-hydrogen) atoms. The Hall–Kier alpha value is -2.08. The second-order valence-electron chi connectivity index (χ2n) is 7.03. The first kappa shape index (κ1) is 15.4. The number of aryl methyl sites for hydroxylation is 1. The molecule has 0 nitrogen and oxygen atoms in total. The van der Waals surface area contributed by atoms with E-state index in [1.807, 2.05) is 0 Å². The summed E-state index contributed by atoms with van der Waals surface area (Å²) in [5.41, 5.74) is 1.51. The van der Waals surface area contributed by atoms with E-state index in [1.165, 1.54) is 82.8 Å². The number of benzene rings is 4. The Balaban J connectivity index is 1.67. The van der Waals surface area contributed by atoms with Gasteiger partial charge in [-0.1, -0.05) is 75.4 Å². The van der Waals surface area contributed by atoms with Gasteiger partial charge in [-0.15, -0.1) is 0 Å². The summed E-state index contributed by atoms with van der Waals surface area (Å²) in [7, 11) is 0. The summed E-state index contributed by atoms with van der Waals surface area (Å²) in [6, 6.07) is 21.2. The van der Waals surface area contributed by atoms with Gasteiger partial charge >= 0.3 is 0 Å². The van der Waals surface area contributed by atoms with E-state index in [2.05, 4.69) is 61.5 Å². The van der Waals surface area contributed by atoms with Gasteiger partial charge in [-0.2, -0.15) is 0 Å². The lowest BCUT2D eigenvalue weighted by molar-refractivity contribution is 0.608. The van der Waals surface area contributed by atoms with Gasteiger partial charge in [0.2, 0.25) is 0 Å². The Kier molecular flexibility index (Phi) is 4.38. The maximum Gasteiger partial charge on any atom is -0.00240 e. The van der Waals surface area contributed by atoms with E-state index < -0.39 is 0 Å². The van der Waals surface area contributed by atoms with Gasteiger partial charge in [-0.05, 0) is 68.9 Å². The Morgan fingerprint density at radius 2 is 1.33 bits per heavy atom. The summed E-state index contributed by atoms with van der Waals surface area (Å²) in [5.74, 6) is 0. The zero-order valence-corrected chi connectivity index (χ0v) is 14.6. The molecule has 0 heteroatoms. The summed E-state index contributed by atoms with van der Waals surface area (Å²) in [4.78, 5) is 0. The molecule has 0 amide bonds. The zero-order valence-electron chi connectivity index (χ0n) is 14.6. The molecule has 4 aromatic rings. The van der Waals surface area contributed by atoms with E-state index in [1.54, 1.807) is 0 Å². The second-order valence-corrected chi connectivity index (χ2v) is 7.03. The molecule has 0 aliphatic heterocycles. The molecule has 0 spiro atoms. The largest absolute Gasteiger partial charge is 0.0654 e. The normalized spacial score (nSPS) is 11.9. The first-order valence-electron chi connectivity index (χ1n) is 9.45. The fourth-order valence-electron chi connectivity index (χ4n) is 4.04. The fraction of sp³-hybridized carbons (Fsp3) is 0.333. The molecule has 0 N–H and O–H groups in total.